The maximum absolute atomic E-state index is 16.6. The van der Waals surface area contributed by atoms with E-state index in [0.717, 1.165) is 48.9 Å². The van der Waals surface area contributed by atoms with Crippen molar-refractivity contribution in [1.82, 2.24) is 0 Å². The largest absolute Gasteiger partial charge is 0.416 e. The van der Waals surface area contributed by atoms with Crippen LogP contribution < -0.4 is 0 Å². The molecule has 1 N–H and O–H groups in total. The lowest BCUT2D eigenvalue weighted by molar-refractivity contribution is -0.137. The molecule has 0 spiro atoms. The summed E-state index contributed by atoms with van der Waals surface area (Å²) in [6.45, 7) is 4.19. The summed E-state index contributed by atoms with van der Waals surface area (Å²) in [6, 6.07) is 12.1. The number of rotatable bonds is 4. The molecule has 3 aromatic rings. The van der Waals surface area contributed by atoms with Crippen molar-refractivity contribution in [3.8, 4) is 11.1 Å². The van der Waals surface area contributed by atoms with Crippen LogP contribution in [0.2, 0.25) is 0 Å². The molecule has 0 bridgehead atoms. The van der Waals surface area contributed by atoms with Crippen LogP contribution in [0.15, 0.2) is 54.6 Å². The number of alkyl halides is 4. The van der Waals surface area contributed by atoms with Crippen molar-refractivity contribution in [1.29, 1.82) is 0 Å². The Bertz CT molecular complexity index is 1270. The van der Waals surface area contributed by atoms with Crippen LogP contribution in [0.1, 0.15) is 97.5 Å². The highest BCUT2D eigenvalue weighted by Gasteiger charge is 2.38. The highest BCUT2D eigenvalue weighted by molar-refractivity contribution is 5.76. The molecule has 1 fully saturated rings. The first-order valence-electron chi connectivity index (χ1n) is 12.9. The Balaban J connectivity index is 1.77. The van der Waals surface area contributed by atoms with E-state index >= 15 is 4.39 Å². The summed E-state index contributed by atoms with van der Waals surface area (Å²) >= 11 is 0. The molecular formula is C31H31F5O. The predicted molar refractivity (Wildman–Crippen MR) is 135 cm³/mol. The first-order valence-corrected chi connectivity index (χ1v) is 12.9. The average Bonchev–Trinajstić information content (AvgIpc) is 3.37. The summed E-state index contributed by atoms with van der Waals surface area (Å²) in [5.74, 6) is -0.304. The fourth-order valence-corrected chi connectivity index (χ4v) is 6.32. The molecule has 196 valence electrons. The molecule has 2 aliphatic carbocycles. The number of fused-ring (bicyclic) bond motifs is 1. The molecule has 1 saturated carbocycles. The third-order valence-corrected chi connectivity index (χ3v) is 7.99. The SMILES string of the molecule is CC1(C)Cc2cc(C3CCCC3)c([C@@H](F)c3ccc(C(F)(F)F)cc3)c(-c3ccc(F)cc3)c2[C@@H](O)C1. The zero-order valence-corrected chi connectivity index (χ0v) is 21.0. The van der Waals surface area contributed by atoms with E-state index in [4.69, 9.17) is 0 Å². The van der Waals surface area contributed by atoms with Crippen LogP contribution in [0.25, 0.3) is 11.1 Å². The van der Waals surface area contributed by atoms with Crippen LogP contribution >= 0.6 is 0 Å². The number of aliphatic hydroxyl groups excluding tert-OH is 1. The van der Waals surface area contributed by atoms with E-state index in [1.54, 1.807) is 12.1 Å². The van der Waals surface area contributed by atoms with Gasteiger partial charge in [-0.3, -0.25) is 0 Å². The molecule has 0 aliphatic heterocycles. The quantitative estimate of drug-likeness (QED) is 0.344. The van der Waals surface area contributed by atoms with Crippen LogP contribution in [0.4, 0.5) is 22.0 Å². The van der Waals surface area contributed by atoms with E-state index in [1.807, 2.05) is 6.07 Å². The van der Waals surface area contributed by atoms with Crippen molar-refractivity contribution < 1.29 is 27.1 Å². The summed E-state index contributed by atoms with van der Waals surface area (Å²) in [5, 5.41) is 11.3. The van der Waals surface area contributed by atoms with Crippen molar-refractivity contribution in [2.24, 2.45) is 5.41 Å². The van der Waals surface area contributed by atoms with Gasteiger partial charge in [0, 0.05) is 5.56 Å². The van der Waals surface area contributed by atoms with Gasteiger partial charge in [-0.25, -0.2) is 8.78 Å². The molecule has 0 aromatic heterocycles. The second-order valence-electron chi connectivity index (χ2n) is 11.4. The lowest BCUT2D eigenvalue weighted by Crippen LogP contribution is -2.27. The standard InChI is InChI=1S/C31H31F5O/c1-30(2)16-21-15-24(18-5-3-4-6-18)28(29(33)20-7-11-22(12-8-20)31(34,35)36)27(26(21)25(37)17-30)19-9-13-23(32)14-10-19/h7-15,18,25,29,37H,3-6,16-17H2,1-2H3/t25-,29-/m0/s1. The Morgan fingerprint density at radius 3 is 2.16 bits per heavy atom. The molecule has 0 amide bonds. The van der Waals surface area contributed by atoms with Gasteiger partial charge in [-0.1, -0.05) is 57.0 Å². The van der Waals surface area contributed by atoms with E-state index in [9.17, 15) is 22.7 Å². The highest BCUT2D eigenvalue weighted by atomic mass is 19.4. The fraction of sp³-hybridized carbons (Fsp3) is 0.419. The van der Waals surface area contributed by atoms with Crippen molar-refractivity contribution in [2.45, 2.75) is 76.7 Å². The number of hydrogen-bond acceptors (Lipinski definition) is 1. The molecule has 37 heavy (non-hydrogen) atoms. The molecule has 5 rings (SSSR count). The molecular weight excluding hydrogens is 483 g/mol. The van der Waals surface area contributed by atoms with E-state index in [1.165, 1.54) is 24.3 Å². The lowest BCUT2D eigenvalue weighted by atomic mass is 9.68. The number of benzene rings is 3. The molecule has 0 unspecified atom stereocenters. The van der Waals surface area contributed by atoms with Crippen molar-refractivity contribution in [3.63, 3.8) is 0 Å². The zero-order valence-electron chi connectivity index (χ0n) is 21.0. The normalized spacial score (nSPS) is 20.6. The van der Waals surface area contributed by atoms with Gasteiger partial charge >= 0.3 is 6.18 Å². The van der Waals surface area contributed by atoms with Gasteiger partial charge in [-0.2, -0.15) is 13.2 Å². The van der Waals surface area contributed by atoms with Gasteiger partial charge in [0.05, 0.1) is 11.7 Å². The van der Waals surface area contributed by atoms with E-state index in [2.05, 4.69) is 13.8 Å². The number of hydrogen-bond donors (Lipinski definition) is 1. The minimum absolute atomic E-state index is 0.120. The third-order valence-electron chi connectivity index (χ3n) is 7.99. The second-order valence-corrected chi connectivity index (χ2v) is 11.4. The Morgan fingerprint density at radius 2 is 1.57 bits per heavy atom. The molecule has 0 saturated heterocycles. The lowest BCUT2D eigenvalue weighted by Gasteiger charge is -2.38. The summed E-state index contributed by atoms with van der Waals surface area (Å²) in [4.78, 5) is 0. The van der Waals surface area contributed by atoms with Gasteiger partial charge in [0.1, 0.15) is 5.82 Å². The topological polar surface area (TPSA) is 20.2 Å². The minimum atomic E-state index is -4.51. The van der Waals surface area contributed by atoms with Crippen molar-refractivity contribution >= 4 is 0 Å². The van der Waals surface area contributed by atoms with Crippen molar-refractivity contribution in [2.75, 3.05) is 0 Å². The molecule has 1 nitrogen and oxygen atoms in total. The average molecular weight is 515 g/mol. The Hall–Kier alpha value is -2.73. The summed E-state index contributed by atoms with van der Waals surface area (Å²) < 4.78 is 70.1. The van der Waals surface area contributed by atoms with Gasteiger partial charge < -0.3 is 5.11 Å². The highest BCUT2D eigenvalue weighted by Crippen LogP contribution is 2.52. The number of halogens is 5. The molecule has 0 heterocycles. The third kappa shape index (κ3) is 5.05. The number of aliphatic hydroxyl groups is 1. The maximum Gasteiger partial charge on any atom is 0.416 e. The van der Waals surface area contributed by atoms with Crippen LogP contribution in [-0.4, -0.2) is 5.11 Å². The first-order chi connectivity index (χ1) is 17.4. The molecule has 2 aliphatic rings. The first kappa shape index (κ1) is 25.9. The Labute approximate surface area is 214 Å². The van der Waals surface area contributed by atoms with Gasteiger partial charge in [0.2, 0.25) is 0 Å². The van der Waals surface area contributed by atoms with Crippen LogP contribution in [-0.2, 0) is 12.6 Å². The van der Waals surface area contributed by atoms with Gasteiger partial charge in [-0.15, -0.1) is 0 Å². The summed E-state index contributed by atoms with van der Waals surface area (Å²) in [6.07, 6.45) is -1.99. The summed E-state index contributed by atoms with van der Waals surface area (Å²) in [5.41, 5.74) is 3.15. The van der Waals surface area contributed by atoms with Gasteiger partial charge in [0.15, 0.2) is 6.17 Å². The Morgan fingerprint density at radius 1 is 0.946 bits per heavy atom. The molecule has 2 atom stereocenters. The smallest absolute Gasteiger partial charge is 0.388 e. The van der Waals surface area contributed by atoms with Gasteiger partial charge in [-0.05, 0) is 94.7 Å². The van der Waals surface area contributed by atoms with Crippen LogP contribution in [0.5, 0.6) is 0 Å². The van der Waals surface area contributed by atoms with Crippen LogP contribution in [0.3, 0.4) is 0 Å². The second kappa shape index (κ2) is 9.54. The van der Waals surface area contributed by atoms with E-state index in [0.29, 0.717) is 35.1 Å². The van der Waals surface area contributed by atoms with E-state index < -0.39 is 29.8 Å². The zero-order chi connectivity index (χ0) is 26.5. The van der Waals surface area contributed by atoms with Crippen LogP contribution in [0, 0.1) is 11.2 Å². The molecule has 3 aromatic carbocycles. The Kier molecular flexibility index (Phi) is 6.68. The molecule has 0 radical (unpaired) electrons. The monoisotopic (exact) mass is 514 g/mol. The maximum atomic E-state index is 16.6. The summed E-state index contributed by atoms with van der Waals surface area (Å²) in [7, 11) is 0. The van der Waals surface area contributed by atoms with E-state index in [-0.39, 0.29) is 16.9 Å². The van der Waals surface area contributed by atoms with Gasteiger partial charge in [0.25, 0.3) is 0 Å². The predicted octanol–water partition coefficient (Wildman–Crippen LogP) is 9.23. The minimum Gasteiger partial charge on any atom is -0.388 e. The fourth-order valence-electron chi connectivity index (χ4n) is 6.32. The molecule has 6 heteroatoms. The van der Waals surface area contributed by atoms with Crippen molar-refractivity contribution in [3.05, 3.63) is 93.8 Å².